The number of anilines is 1. The summed E-state index contributed by atoms with van der Waals surface area (Å²) < 4.78 is 13.7. The Bertz CT molecular complexity index is 962. The van der Waals surface area contributed by atoms with Gasteiger partial charge in [0.05, 0.1) is 26.6 Å². The van der Waals surface area contributed by atoms with E-state index in [9.17, 15) is 9.18 Å². The van der Waals surface area contributed by atoms with Gasteiger partial charge in [0.15, 0.2) is 0 Å². The van der Waals surface area contributed by atoms with Crippen LogP contribution in [0.4, 0.5) is 10.3 Å². The van der Waals surface area contributed by atoms with Crippen LogP contribution in [-0.4, -0.2) is 20.9 Å². The van der Waals surface area contributed by atoms with Crippen LogP contribution in [0.2, 0.25) is 0 Å². The van der Waals surface area contributed by atoms with Crippen LogP contribution in [0.15, 0.2) is 34.1 Å². The predicted octanol–water partition coefficient (Wildman–Crippen LogP) is 2.51. The van der Waals surface area contributed by atoms with Crippen LogP contribution in [-0.2, 0) is 4.79 Å². The number of aryl methyl sites for hydroxylation is 1. The molecule has 0 aliphatic rings. The first-order chi connectivity index (χ1) is 12.4. The molecule has 1 atom stereocenters. The van der Waals surface area contributed by atoms with Crippen molar-refractivity contribution in [1.82, 2.24) is 20.4 Å². The Morgan fingerprint density at radius 2 is 1.96 bits per heavy atom. The zero-order chi connectivity index (χ0) is 18.8. The quantitative estimate of drug-likeness (QED) is 0.328. The van der Waals surface area contributed by atoms with Crippen molar-refractivity contribution in [2.75, 3.05) is 5.73 Å². The van der Waals surface area contributed by atoms with Crippen LogP contribution in [0.5, 0.6) is 0 Å². The number of carbonyl (C=O) groups excluding carboxylic acids is 1. The van der Waals surface area contributed by atoms with Gasteiger partial charge in [-0.05, 0) is 47.1 Å². The molecule has 134 valence electrons. The van der Waals surface area contributed by atoms with E-state index in [0.717, 1.165) is 5.01 Å². The van der Waals surface area contributed by atoms with Gasteiger partial charge in [0, 0.05) is 10.9 Å². The normalized spacial score (nSPS) is 12.0. The van der Waals surface area contributed by atoms with Gasteiger partial charge >= 0.3 is 0 Å². The van der Waals surface area contributed by atoms with Gasteiger partial charge in [-0.2, -0.15) is 0 Å². The molecular weight excluding hydrogens is 423 g/mol. The Morgan fingerprint density at radius 1 is 1.27 bits per heavy atom. The monoisotopic (exact) mass is 436 g/mol. The van der Waals surface area contributed by atoms with Gasteiger partial charge in [-0.15, -0.1) is 11.3 Å². The van der Waals surface area contributed by atoms with Crippen molar-refractivity contribution >= 4 is 39.1 Å². The maximum Gasteiger partial charge on any atom is 0.249 e. The third kappa shape index (κ3) is 3.57. The largest absolute Gasteiger partial charge is 0.368 e. The SMILES string of the molecule is Cc1nc(C(C(=O)NN)c2nc(N)nc(-c3ccc(F)cc3)c2Br)cs1. The first kappa shape index (κ1) is 18.4. The number of hydrazine groups is 1. The van der Waals surface area contributed by atoms with E-state index in [-0.39, 0.29) is 11.8 Å². The molecule has 1 aromatic carbocycles. The van der Waals surface area contributed by atoms with E-state index in [0.29, 0.717) is 27.1 Å². The summed E-state index contributed by atoms with van der Waals surface area (Å²) in [6.07, 6.45) is 0. The highest BCUT2D eigenvalue weighted by molar-refractivity contribution is 9.10. The third-order valence-electron chi connectivity index (χ3n) is 3.62. The molecule has 0 spiro atoms. The number of nitrogens with zero attached hydrogens (tertiary/aromatic N) is 3. The number of rotatable bonds is 4. The standard InChI is InChI=1S/C16H14BrFN6OS/c1-7-21-10(6-26-7)11(15(25)24-20)14-12(17)13(22-16(19)23-14)8-2-4-9(18)5-3-8/h2-6,11H,20H2,1H3,(H,24,25)(H2,19,22,23). The van der Waals surface area contributed by atoms with E-state index >= 15 is 0 Å². The number of nitrogens with two attached hydrogens (primary N) is 2. The number of benzene rings is 1. The van der Waals surface area contributed by atoms with E-state index < -0.39 is 11.8 Å². The molecule has 26 heavy (non-hydrogen) atoms. The number of thiazole rings is 1. The zero-order valence-electron chi connectivity index (χ0n) is 13.5. The Balaban J connectivity index is 2.19. The van der Waals surface area contributed by atoms with Gasteiger partial charge in [0.2, 0.25) is 11.9 Å². The Morgan fingerprint density at radius 3 is 2.54 bits per heavy atom. The Labute approximate surface area is 160 Å². The summed E-state index contributed by atoms with van der Waals surface area (Å²) >= 11 is 4.86. The second-order valence-corrected chi connectivity index (χ2v) is 7.22. The number of amides is 1. The summed E-state index contributed by atoms with van der Waals surface area (Å²) in [5.74, 6) is 3.60. The van der Waals surface area contributed by atoms with Gasteiger partial charge in [-0.3, -0.25) is 10.2 Å². The molecule has 5 N–H and O–H groups in total. The van der Waals surface area contributed by atoms with Crippen LogP contribution in [0, 0.1) is 12.7 Å². The van der Waals surface area contributed by atoms with Crippen LogP contribution in [0.25, 0.3) is 11.3 Å². The first-order valence-electron chi connectivity index (χ1n) is 7.42. The minimum absolute atomic E-state index is 0.0238. The Kier molecular flexibility index (Phi) is 5.25. The molecule has 2 heterocycles. The van der Waals surface area contributed by atoms with Gasteiger partial charge in [0.1, 0.15) is 11.7 Å². The lowest BCUT2D eigenvalue weighted by molar-refractivity contribution is -0.121. The van der Waals surface area contributed by atoms with Gasteiger partial charge in [-0.1, -0.05) is 0 Å². The third-order valence-corrected chi connectivity index (χ3v) is 5.20. The van der Waals surface area contributed by atoms with Crippen molar-refractivity contribution in [3.05, 3.63) is 56.3 Å². The highest BCUT2D eigenvalue weighted by atomic mass is 79.9. The molecule has 0 saturated carbocycles. The summed E-state index contributed by atoms with van der Waals surface area (Å²) in [5.41, 5.74) is 9.88. The fraction of sp³-hybridized carbons (Fsp3) is 0.125. The molecule has 3 rings (SSSR count). The summed E-state index contributed by atoms with van der Waals surface area (Å²) in [4.78, 5) is 25.2. The fourth-order valence-electron chi connectivity index (χ4n) is 2.47. The highest BCUT2D eigenvalue weighted by Crippen LogP contribution is 2.36. The molecule has 2 aromatic heterocycles. The van der Waals surface area contributed by atoms with E-state index in [1.165, 1.54) is 23.5 Å². The van der Waals surface area contributed by atoms with Crippen molar-refractivity contribution < 1.29 is 9.18 Å². The minimum Gasteiger partial charge on any atom is -0.368 e. The maximum atomic E-state index is 13.2. The number of halogens is 2. The summed E-state index contributed by atoms with van der Waals surface area (Å²) in [6, 6.07) is 5.76. The number of nitrogen functional groups attached to an aromatic ring is 1. The van der Waals surface area contributed by atoms with E-state index in [2.05, 4.69) is 36.3 Å². The topological polar surface area (TPSA) is 120 Å². The van der Waals surface area contributed by atoms with Gasteiger partial charge in [0.25, 0.3) is 0 Å². The number of hydrogen-bond donors (Lipinski definition) is 3. The highest BCUT2D eigenvalue weighted by Gasteiger charge is 2.30. The molecule has 7 nitrogen and oxygen atoms in total. The second-order valence-electron chi connectivity index (χ2n) is 5.37. The summed E-state index contributed by atoms with van der Waals surface area (Å²) in [5, 5.41) is 2.56. The molecule has 0 bridgehead atoms. The smallest absolute Gasteiger partial charge is 0.249 e. The van der Waals surface area contributed by atoms with Crippen LogP contribution < -0.4 is 17.0 Å². The number of nitrogens with one attached hydrogen (secondary N) is 1. The van der Waals surface area contributed by atoms with E-state index in [4.69, 9.17) is 11.6 Å². The van der Waals surface area contributed by atoms with Crippen molar-refractivity contribution in [2.45, 2.75) is 12.8 Å². The molecule has 0 saturated heterocycles. The average Bonchev–Trinajstić information content (AvgIpc) is 3.04. The molecule has 10 heteroatoms. The Hall–Kier alpha value is -2.43. The molecule has 1 unspecified atom stereocenters. The van der Waals surface area contributed by atoms with Crippen molar-refractivity contribution in [3.8, 4) is 11.3 Å². The molecule has 0 aliphatic carbocycles. The summed E-state index contributed by atoms with van der Waals surface area (Å²) in [7, 11) is 0. The number of aromatic nitrogens is 3. The van der Waals surface area contributed by atoms with Gasteiger partial charge < -0.3 is 5.73 Å². The minimum atomic E-state index is -0.871. The second kappa shape index (κ2) is 7.44. The molecule has 1 amide bonds. The van der Waals surface area contributed by atoms with Crippen molar-refractivity contribution in [1.29, 1.82) is 0 Å². The molecule has 0 fully saturated rings. The van der Waals surface area contributed by atoms with Gasteiger partial charge in [-0.25, -0.2) is 25.2 Å². The van der Waals surface area contributed by atoms with Crippen LogP contribution >= 0.6 is 27.3 Å². The van der Waals surface area contributed by atoms with Crippen molar-refractivity contribution in [2.24, 2.45) is 5.84 Å². The molecule has 3 aromatic rings. The average molecular weight is 437 g/mol. The molecule has 0 aliphatic heterocycles. The fourth-order valence-corrected chi connectivity index (χ4v) is 3.74. The predicted molar refractivity (Wildman–Crippen MR) is 101 cm³/mol. The lowest BCUT2D eigenvalue weighted by atomic mass is 9.99. The van der Waals surface area contributed by atoms with Crippen molar-refractivity contribution in [3.63, 3.8) is 0 Å². The van der Waals surface area contributed by atoms with E-state index in [1.807, 2.05) is 6.92 Å². The lowest BCUT2D eigenvalue weighted by Gasteiger charge is -2.17. The van der Waals surface area contributed by atoms with E-state index in [1.54, 1.807) is 17.5 Å². The number of hydrogen-bond acceptors (Lipinski definition) is 7. The molecule has 0 radical (unpaired) electrons. The zero-order valence-corrected chi connectivity index (χ0v) is 15.9. The number of carbonyl (C=O) groups is 1. The lowest BCUT2D eigenvalue weighted by Crippen LogP contribution is -2.36. The van der Waals surface area contributed by atoms with Crippen LogP contribution in [0.1, 0.15) is 22.3 Å². The first-order valence-corrected chi connectivity index (χ1v) is 9.09. The summed E-state index contributed by atoms with van der Waals surface area (Å²) in [6.45, 7) is 1.83. The van der Waals surface area contributed by atoms with Crippen LogP contribution in [0.3, 0.4) is 0 Å². The maximum absolute atomic E-state index is 13.2. The molecular formula is C16H14BrFN6OS.